The van der Waals surface area contributed by atoms with Crippen molar-refractivity contribution in [3.8, 4) is 11.5 Å². The minimum absolute atomic E-state index is 0.0363. The van der Waals surface area contributed by atoms with E-state index in [9.17, 15) is 9.59 Å². The summed E-state index contributed by atoms with van der Waals surface area (Å²) in [6, 6.07) is 5.57. The fourth-order valence-electron chi connectivity index (χ4n) is 1.96. The van der Waals surface area contributed by atoms with Crippen LogP contribution in [0.1, 0.15) is 46.1 Å². The van der Waals surface area contributed by atoms with Gasteiger partial charge in [0, 0.05) is 12.0 Å². The minimum atomic E-state index is -0.513. The quantitative estimate of drug-likeness (QED) is 0.671. The number of hydrogen-bond donors (Lipinski definition) is 2. The van der Waals surface area contributed by atoms with Crippen LogP contribution >= 0.6 is 0 Å². The molecule has 0 saturated carbocycles. The fraction of sp³-hybridized carbons (Fsp3) is 0.579. The van der Waals surface area contributed by atoms with E-state index in [4.69, 9.17) is 9.47 Å². The van der Waals surface area contributed by atoms with E-state index in [1.165, 1.54) is 0 Å². The second-order valence-corrected chi connectivity index (χ2v) is 6.90. The van der Waals surface area contributed by atoms with E-state index in [0.717, 1.165) is 18.4 Å². The molecule has 1 rings (SSSR count). The third-order valence-corrected chi connectivity index (χ3v) is 3.56. The van der Waals surface area contributed by atoms with E-state index in [2.05, 4.69) is 17.6 Å². The van der Waals surface area contributed by atoms with Gasteiger partial charge < -0.3 is 20.1 Å². The van der Waals surface area contributed by atoms with Gasteiger partial charge in [0.05, 0.1) is 20.3 Å². The molecule has 0 aliphatic rings. The van der Waals surface area contributed by atoms with Gasteiger partial charge in [0.25, 0.3) is 0 Å². The van der Waals surface area contributed by atoms with Crippen molar-refractivity contribution in [3.63, 3.8) is 0 Å². The maximum atomic E-state index is 11.9. The van der Waals surface area contributed by atoms with Crippen LogP contribution in [0.15, 0.2) is 18.2 Å². The van der Waals surface area contributed by atoms with Gasteiger partial charge in [-0.2, -0.15) is 0 Å². The van der Waals surface area contributed by atoms with E-state index < -0.39 is 5.41 Å². The largest absolute Gasteiger partial charge is 0.493 e. The van der Waals surface area contributed by atoms with Crippen molar-refractivity contribution in [1.82, 2.24) is 10.6 Å². The second kappa shape index (κ2) is 9.91. The molecule has 0 aromatic heterocycles. The summed E-state index contributed by atoms with van der Waals surface area (Å²) in [4.78, 5) is 23.6. The van der Waals surface area contributed by atoms with Crippen LogP contribution in [0.4, 0.5) is 0 Å². The second-order valence-electron chi connectivity index (χ2n) is 6.90. The van der Waals surface area contributed by atoms with Gasteiger partial charge >= 0.3 is 0 Å². The molecule has 0 radical (unpaired) electrons. The van der Waals surface area contributed by atoms with Crippen LogP contribution in [0.3, 0.4) is 0 Å². The number of amides is 2. The topological polar surface area (TPSA) is 76.7 Å². The molecule has 6 heteroatoms. The molecule has 0 atom stereocenters. The Morgan fingerprint density at radius 3 is 2.44 bits per heavy atom. The number of carbonyl (C=O) groups excluding carboxylic acids is 2. The summed E-state index contributed by atoms with van der Waals surface area (Å²) in [6.07, 6.45) is 2.05. The molecule has 0 spiro atoms. The number of carbonyl (C=O) groups is 2. The molecule has 0 aliphatic heterocycles. The predicted molar refractivity (Wildman–Crippen MR) is 97.7 cm³/mol. The van der Waals surface area contributed by atoms with Crippen LogP contribution in [0.25, 0.3) is 0 Å². The van der Waals surface area contributed by atoms with E-state index in [1.54, 1.807) is 27.9 Å². The van der Waals surface area contributed by atoms with Crippen molar-refractivity contribution >= 4 is 11.8 Å². The van der Waals surface area contributed by atoms with Crippen LogP contribution < -0.4 is 20.1 Å². The normalized spacial score (nSPS) is 10.9. The van der Waals surface area contributed by atoms with Crippen LogP contribution in [0.2, 0.25) is 0 Å². The van der Waals surface area contributed by atoms with Gasteiger partial charge in [0.1, 0.15) is 0 Å². The number of hydrogen-bond acceptors (Lipinski definition) is 4. The van der Waals surface area contributed by atoms with Crippen molar-refractivity contribution < 1.29 is 19.1 Å². The lowest BCUT2D eigenvalue weighted by Gasteiger charge is -2.17. The van der Waals surface area contributed by atoms with Crippen LogP contribution in [-0.4, -0.2) is 32.1 Å². The van der Waals surface area contributed by atoms with Crippen LogP contribution in [0, 0.1) is 5.41 Å². The smallest absolute Gasteiger partial charge is 0.239 e. The van der Waals surface area contributed by atoms with E-state index >= 15 is 0 Å². The third-order valence-electron chi connectivity index (χ3n) is 3.56. The Morgan fingerprint density at radius 1 is 1.12 bits per heavy atom. The Hall–Kier alpha value is -2.24. The lowest BCUT2D eigenvalue weighted by molar-refractivity contribution is -0.131. The zero-order chi connectivity index (χ0) is 18.9. The number of unbranched alkanes of at least 4 members (excludes halogenated alkanes) is 1. The summed E-state index contributed by atoms with van der Waals surface area (Å²) in [5.41, 5.74) is 0.386. The van der Waals surface area contributed by atoms with Gasteiger partial charge in [-0.15, -0.1) is 0 Å². The summed E-state index contributed by atoms with van der Waals surface area (Å²) in [7, 11) is 1.59. The number of ether oxygens (including phenoxy) is 2. The van der Waals surface area contributed by atoms with E-state index in [-0.39, 0.29) is 18.4 Å². The first-order valence-electron chi connectivity index (χ1n) is 8.62. The Morgan fingerprint density at radius 2 is 1.84 bits per heavy atom. The van der Waals surface area contributed by atoms with Gasteiger partial charge in [-0.25, -0.2) is 0 Å². The molecule has 1 aromatic carbocycles. The van der Waals surface area contributed by atoms with E-state index in [1.807, 2.05) is 18.2 Å². The lowest BCUT2D eigenvalue weighted by Crippen LogP contribution is -2.41. The first kappa shape index (κ1) is 20.8. The molecular weight excluding hydrogens is 320 g/mol. The maximum Gasteiger partial charge on any atom is 0.239 e. The highest BCUT2D eigenvalue weighted by atomic mass is 16.5. The fourth-order valence-corrected chi connectivity index (χ4v) is 1.96. The highest BCUT2D eigenvalue weighted by Crippen LogP contribution is 2.28. The lowest BCUT2D eigenvalue weighted by atomic mass is 9.96. The van der Waals surface area contributed by atoms with Crippen LogP contribution in [0.5, 0.6) is 11.5 Å². The number of nitrogens with one attached hydrogen (secondary N) is 2. The third kappa shape index (κ3) is 7.45. The van der Waals surface area contributed by atoms with Crippen molar-refractivity contribution in [2.45, 2.75) is 47.1 Å². The highest BCUT2D eigenvalue weighted by Gasteiger charge is 2.21. The Kier molecular flexibility index (Phi) is 8.25. The summed E-state index contributed by atoms with van der Waals surface area (Å²) in [6.45, 7) is 8.48. The highest BCUT2D eigenvalue weighted by molar-refractivity contribution is 5.87. The average molecular weight is 350 g/mol. The molecule has 0 aliphatic carbocycles. The number of benzene rings is 1. The molecule has 0 bridgehead atoms. The molecule has 2 amide bonds. The molecule has 0 unspecified atom stereocenters. The Bertz CT molecular complexity index is 579. The van der Waals surface area contributed by atoms with Gasteiger partial charge in [-0.3, -0.25) is 9.59 Å². The monoisotopic (exact) mass is 350 g/mol. The van der Waals surface area contributed by atoms with Crippen molar-refractivity contribution in [3.05, 3.63) is 23.8 Å². The van der Waals surface area contributed by atoms with Crippen molar-refractivity contribution in [2.24, 2.45) is 5.41 Å². The molecule has 1 aromatic rings. The molecule has 0 saturated heterocycles. The van der Waals surface area contributed by atoms with Gasteiger partial charge in [-0.1, -0.05) is 40.2 Å². The first-order valence-corrected chi connectivity index (χ1v) is 8.62. The standard InChI is InChI=1S/C19H30N2O4/c1-6-7-10-25-15-9-8-14(11-16(15)24-5)12-20-17(22)13-21-18(23)19(2,3)4/h8-9,11H,6-7,10,12-13H2,1-5H3,(H,20,22)(H,21,23). The number of methoxy groups -OCH3 is 1. The predicted octanol–water partition coefficient (Wildman–Crippen LogP) is 2.65. The van der Waals surface area contributed by atoms with Crippen molar-refractivity contribution in [1.29, 1.82) is 0 Å². The molecule has 140 valence electrons. The molecule has 0 fully saturated rings. The van der Waals surface area contributed by atoms with E-state index in [0.29, 0.717) is 24.7 Å². The van der Waals surface area contributed by atoms with Gasteiger partial charge in [0.15, 0.2) is 11.5 Å². The maximum absolute atomic E-state index is 11.9. The first-order chi connectivity index (χ1) is 11.8. The average Bonchev–Trinajstić information content (AvgIpc) is 2.57. The van der Waals surface area contributed by atoms with Crippen molar-refractivity contribution in [2.75, 3.05) is 20.3 Å². The molecular formula is C19H30N2O4. The zero-order valence-electron chi connectivity index (χ0n) is 15.9. The van der Waals surface area contributed by atoms with Gasteiger partial charge in [0.2, 0.25) is 11.8 Å². The summed E-state index contributed by atoms with van der Waals surface area (Å²) in [5, 5.41) is 5.40. The number of rotatable bonds is 9. The summed E-state index contributed by atoms with van der Waals surface area (Å²) >= 11 is 0. The zero-order valence-corrected chi connectivity index (χ0v) is 15.9. The molecule has 25 heavy (non-hydrogen) atoms. The SMILES string of the molecule is CCCCOc1ccc(CNC(=O)CNC(=O)C(C)(C)C)cc1OC. The molecule has 2 N–H and O–H groups in total. The Balaban J connectivity index is 2.51. The summed E-state index contributed by atoms with van der Waals surface area (Å²) < 4.78 is 11.0. The van der Waals surface area contributed by atoms with Gasteiger partial charge in [-0.05, 0) is 24.1 Å². The Labute approximate surface area is 150 Å². The minimum Gasteiger partial charge on any atom is -0.493 e. The molecule has 0 heterocycles. The molecule has 6 nitrogen and oxygen atoms in total. The van der Waals surface area contributed by atoms with Crippen LogP contribution in [-0.2, 0) is 16.1 Å². The summed E-state index contributed by atoms with van der Waals surface area (Å²) in [5.74, 6) is 0.949.